The molecule has 2 N–H and O–H groups in total. The number of hydrogen-bond acceptors (Lipinski definition) is 3. The Morgan fingerprint density at radius 1 is 1.11 bits per heavy atom. The number of quaternary nitrogens is 1. The first-order valence-electron chi connectivity index (χ1n) is 9.56. The first-order chi connectivity index (χ1) is 13.0. The number of aliphatic hydroxyl groups is 1. The Hall–Kier alpha value is -1.88. The highest BCUT2D eigenvalue weighted by Gasteiger charge is 2.21. The fraction of sp³-hybridized carbons (Fsp3) is 0.409. The van der Waals surface area contributed by atoms with Crippen LogP contribution in [0.2, 0.25) is 5.02 Å². The van der Waals surface area contributed by atoms with E-state index in [0.717, 1.165) is 25.6 Å². The Kier molecular flexibility index (Phi) is 6.89. The van der Waals surface area contributed by atoms with Crippen molar-refractivity contribution in [1.82, 2.24) is 0 Å². The van der Waals surface area contributed by atoms with Gasteiger partial charge in [0.1, 0.15) is 25.0 Å². The van der Waals surface area contributed by atoms with E-state index in [4.69, 9.17) is 16.3 Å². The molecule has 1 atom stereocenters. The molecule has 5 heteroatoms. The summed E-state index contributed by atoms with van der Waals surface area (Å²) in [6.07, 6.45) is 1.97. The molecular formula is C22H27ClNO3+. The average molecular weight is 389 g/mol. The lowest BCUT2D eigenvalue weighted by atomic mass is 9.99. The summed E-state index contributed by atoms with van der Waals surface area (Å²) in [5, 5.41) is 10.8. The predicted octanol–water partition coefficient (Wildman–Crippen LogP) is 2.63. The minimum absolute atomic E-state index is 0.0545. The van der Waals surface area contributed by atoms with E-state index < -0.39 is 6.10 Å². The number of benzene rings is 2. The van der Waals surface area contributed by atoms with Crippen LogP contribution < -0.4 is 9.64 Å². The van der Waals surface area contributed by atoms with Crippen LogP contribution in [0.15, 0.2) is 48.5 Å². The van der Waals surface area contributed by atoms with E-state index >= 15 is 0 Å². The third-order valence-electron chi connectivity index (χ3n) is 5.17. The second kappa shape index (κ2) is 9.36. The number of likely N-dealkylation sites (tertiary alicyclic amines) is 1. The highest BCUT2D eigenvalue weighted by Crippen LogP contribution is 2.17. The number of piperidine rings is 1. The minimum atomic E-state index is -0.483. The van der Waals surface area contributed by atoms with Gasteiger partial charge in [0, 0.05) is 16.1 Å². The third-order valence-corrected chi connectivity index (χ3v) is 5.42. The largest absolute Gasteiger partial charge is 0.491 e. The van der Waals surface area contributed by atoms with E-state index in [1.807, 2.05) is 0 Å². The molecule has 0 aromatic heterocycles. The molecule has 0 aliphatic carbocycles. The molecule has 3 rings (SSSR count). The van der Waals surface area contributed by atoms with Crippen molar-refractivity contribution in [3.63, 3.8) is 0 Å². The zero-order valence-electron chi connectivity index (χ0n) is 15.7. The van der Waals surface area contributed by atoms with Crippen LogP contribution >= 0.6 is 11.6 Å². The number of ketones is 1. The second-order valence-electron chi connectivity index (χ2n) is 7.46. The zero-order valence-corrected chi connectivity index (χ0v) is 16.4. The maximum atomic E-state index is 12.5. The molecule has 144 valence electrons. The van der Waals surface area contributed by atoms with Gasteiger partial charge in [0.05, 0.1) is 13.1 Å². The van der Waals surface area contributed by atoms with Gasteiger partial charge in [0.15, 0.2) is 5.78 Å². The highest BCUT2D eigenvalue weighted by atomic mass is 35.5. The summed E-state index contributed by atoms with van der Waals surface area (Å²) < 4.78 is 5.69. The zero-order chi connectivity index (χ0) is 19.2. The number of nitrogens with one attached hydrogen (secondary N) is 1. The summed E-state index contributed by atoms with van der Waals surface area (Å²) in [5.74, 6) is 1.40. The molecular weight excluding hydrogens is 362 g/mol. The Labute approximate surface area is 165 Å². The first-order valence-corrected chi connectivity index (χ1v) is 9.94. The second-order valence-corrected chi connectivity index (χ2v) is 7.90. The van der Waals surface area contributed by atoms with Gasteiger partial charge in [0.2, 0.25) is 0 Å². The standard InChI is InChI=1S/C22H26ClNO3/c1-16-10-12-24(13-11-16)14-20(25)15-27-21-8-4-18(5-9-21)22(26)17-2-6-19(23)7-3-17/h2-9,16,20,25H,10-15H2,1H3/p+1/t20-/m0/s1. The molecule has 0 amide bonds. The van der Waals surface area contributed by atoms with Crippen LogP contribution in [0, 0.1) is 5.92 Å². The first kappa shape index (κ1) is 19.9. The molecule has 0 unspecified atom stereocenters. The van der Waals surface area contributed by atoms with Gasteiger partial charge in [-0.25, -0.2) is 0 Å². The summed E-state index contributed by atoms with van der Waals surface area (Å²) in [6, 6.07) is 13.9. The van der Waals surface area contributed by atoms with E-state index in [0.29, 0.717) is 21.9 Å². The summed E-state index contributed by atoms with van der Waals surface area (Å²) in [7, 11) is 0. The maximum Gasteiger partial charge on any atom is 0.193 e. The summed E-state index contributed by atoms with van der Waals surface area (Å²) in [4.78, 5) is 13.9. The van der Waals surface area contributed by atoms with Crippen molar-refractivity contribution in [2.45, 2.75) is 25.9 Å². The van der Waals surface area contributed by atoms with E-state index in [-0.39, 0.29) is 12.4 Å². The van der Waals surface area contributed by atoms with Crippen molar-refractivity contribution >= 4 is 17.4 Å². The SMILES string of the molecule is CC1CC[NH+](C[C@H](O)COc2ccc(C(=O)c3ccc(Cl)cc3)cc2)CC1. The molecule has 2 aromatic rings. The minimum Gasteiger partial charge on any atom is -0.491 e. The van der Waals surface area contributed by atoms with Gasteiger partial charge in [-0.3, -0.25) is 4.79 Å². The Morgan fingerprint density at radius 3 is 2.26 bits per heavy atom. The van der Waals surface area contributed by atoms with Gasteiger partial charge in [-0.05, 0) is 67.3 Å². The smallest absolute Gasteiger partial charge is 0.193 e. The molecule has 1 aliphatic rings. The predicted molar refractivity (Wildman–Crippen MR) is 107 cm³/mol. The van der Waals surface area contributed by atoms with Gasteiger partial charge >= 0.3 is 0 Å². The van der Waals surface area contributed by atoms with Crippen LogP contribution in [-0.4, -0.2) is 43.2 Å². The van der Waals surface area contributed by atoms with Crippen LogP contribution in [-0.2, 0) is 0 Å². The number of carbonyl (C=O) groups excluding carboxylic acids is 1. The Bertz CT molecular complexity index is 737. The Morgan fingerprint density at radius 2 is 1.67 bits per heavy atom. The van der Waals surface area contributed by atoms with E-state index in [1.165, 1.54) is 17.7 Å². The van der Waals surface area contributed by atoms with Gasteiger partial charge in [0.25, 0.3) is 0 Å². The number of rotatable bonds is 7. The van der Waals surface area contributed by atoms with Crippen molar-refractivity contribution in [1.29, 1.82) is 0 Å². The number of halogens is 1. The Balaban J connectivity index is 1.48. The topological polar surface area (TPSA) is 51.0 Å². The molecule has 0 radical (unpaired) electrons. The molecule has 1 saturated heterocycles. The number of hydrogen-bond donors (Lipinski definition) is 2. The van der Waals surface area contributed by atoms with Crippen LogP contribution in [0.1, 0.15) is 35.7 Å². The van der Waals surface area contributed by atoms with Crippen LogP contribution in [0.5, 0.6) is 5.75 Å². The monoisotopic (exact) mass is 388 g/mol. The number of carbonyl (C=O) groups is 1. The summed E-state index contributed by atoms with van der Waals surface area (Å²) in [5.41, 5.74) is 1.19. The van der Waals surface area contributed by atoms with Crippen molar-refractivity contribution in [3.8, 4) is 5.75 Å². The van der Waals surface area contributed by atoms with Gasteiger partial charge in [-0.2, -0.15) is 0 Å². The maximum absolute atomic E-state index is 12.5. The molecule has 0 saturated carbocycles. The van der Waals surface area contributed by atoms with Crippen LogP contribution in [0.4, 0.5) is 0 Å². The average Bonchev–Trinajstić information content (AvgIpc) is 2.69. The molecule has 4 nitrogen and oxygen atoms in total. The van der Waals surface area contributed by atoms with Crippen molar-refractivity contribution in [3.05, 3.63) is 64.7 Å². The van der Waals surface area contributed by atoms with E-state index in [9.17, 15) is 9.90 Å². The summed E-state index contributed by atoms with van der Waals surface area (Å²) in [6.45, 7) is 5.53. The lowest BCUT2D eigenvalue weighted by Gasteiger charge is -2.28. The van der Waals surface area contributed by atoms with Gasteiger partial charge < -0.3 is 14.7 Å². The molecule has 0 spiro atoms. The molecule has 2 aromatic carbocycles. The highest BCUT2D eigenvalue weighted by molar-refractivity contribution is 6.30. The van der Waals surface area contributed by atoms with Crippen molar-refractivity contribution in [2.75, 3.05) is 26.2 Å². The normalized spacial score (nSPS) is 20.9. The molecule has 1 fully saturated rings. The van der Waals surface area contributed by atoms with E-state index in [2.05, 4.69) is 6.92 Å². The number of aliphatic hydroxyl groups excluding tert-OH is 1. The lowest BCUT2D eigenvalue weighted by molar-refractivity contribution is -0.909. The molecule has 0 bridgehead atoms. The molecule has 27 heavy (non-hydrogen) atoms. The molecule has 1 aliphatic heterocycles. The van der Waals surface area contributed by atoms with Crippen molar-refractivity contribution in [2.24, 2.45) is 5.92 Å². The van der Waals surface area contributed by atoms with Gasteiger partial charge in [-0.15, -0.1) is 0 Å². The van der Waals surface area contributed by atoms with Crippen molar-refractivity contribution < 1.29 is 19.5 Å². The quantitative estimate of drug-likeness (QED) is 0.717. The fourth-order valence-electron chi connectivity index (χ4n) is 3.43. The van der Waals surface area contributed by atoms with Gasteiger partial charge in [-0.1, -0.05) is 18.5 Å². The third kappa shape index (κ3) is 5.80. The van der Waals surface area contributed by atoms with E-state index in [1.54, 1.807) is 48.5 Å². The van der Waals surface area contributed by atoms with Crippen LogP contribution in [0.3, 0.4) is 0 Å². The lowest BCUT2D eigenvalue weighted by Crippen LogP contribution is -3.14. The summed E-state index contributed by atoms with van der Waals surface area (Å²) >= 11 is 5.86. The molecule has 1 heterocycles. The fourth-order valence-corrected chi connectivity index (χ4v) is 3.56. The van der Waals surface area contributed by atoms with Crippen LogP contribution in [0.25, 0.3) is 0 Å². The number of ether oxygens (including phenoxy) is 1.